The number of carbonyl (C=O) groups excluding carboxylic acids is 2. The van der Waals surface area contributed by atoms with Gasteiger partial charge in [-0.05, 0) is 60.4 Å². The quantitative estimate of drug-likeness (QED) is 0.105. The Hall–Kier alpha value is -4.33. The average Bonchev–Trinajstić information content (AvgIpc) is 3.24. The molecule has 1 aromatic heterocycles. The molecule has 2 heterocycles. The minimum Gasteiger partial charge on any atom is -0.507 e. The average molecular weight is 559 g/mol. The number of aliphatic hydroxyl groups excluding tert-OH is 1. The van der Waals surface area contributed by atoms with Gasteiger partial charge in [-0.3, -0.25) is 14.6 Å². The summed E-state index contributed by atoms with van der Waals surface area (Å²) < 4.78 is 17.4. The van der Waals surface area contributed by atoms with Crippen molar-refractivity contribution in [2.45, 2.75) is 58.5 Å². The molecular formula is C33H38N2O6. The van der Waals surface area contributed by atoms with Crippen LogP contribution in [0.15, 0.2) is 72.6 Å². The van der Waals surface area contributed by atoms with E-state index >= 15 is 0 Å². The van der Waals surface area contributed by atoms with Gasteiger partial charge in [0.1, 0.15) is 11.5 Å². The van der Waals surface area contributed by atoms with Gasteiger partial charge in [0.05, 0.1) is 31.9 Å². The SMILES string of the molecule is CCCCCOc1ccc(C2C(=C(O)c3cccc(OCCCC)c3)C(=O)C(=O)N2Cc2ccncc2)cc1OC. The number of aromatic nitrogens is 1. The van der Waals surface area contributed by atoms with Crippen molar-refractivity contribution in [1.29, 1.82) is 0 Å². The van der Waals surface area contributed by atoms with Crippen molar-refractivity contribution < 1.29 is 28.9 Å². The van der Waals surface area contributed by atoms with E-state index in [1.165, 1.54) is 4.90 Å². The van der Waals surface area contributed by atoms with Crippen LogP contribution in [-0.4, -0.2) is 47.0 Å². The Labute approximate surface area is 241 Å². The number of methoxy groups -OCH3 is 1. The number of pyridine rings is 1. The van der Waals surface area contributed by atoms with E-state index in [0.29, 0.717) is 41.6 Å². The van der Waals surface area contributed by atoms with Crippen LogP contribution in [-0.2, 0) is 16.1 Å². The number of unbranched alkanes of at least 4 members (excludes halogenated alkanes) is 3. The number of carbonyl (C=O) groups is 2. The van der Waals surface area contributed by atoms with Crippen LogP contribution in [0, 0.1) is 0 Å². The van der Waals surface area contributed by atoms with E-state index < -0.39 is 17.7 Å². The van der Waals surface area contributed by atoms with Gasteiger partial charge in [-0.1, -0.05) is 51.3 Å². The van der Waals surface area contributed by atoms with Gasteiger partial charge in [0.15, 0.2) is 11.5 Å². The molecule has 4 rings (SSSR count). The molecule has 1 aliphatic heterocycles. The molecule has 1 atom stereocenters. The minimum absolute atomic E-state index is 0.00781. The highest BCUT2D eigenvalue weighted by Crippen LogP contribution is 2.43. The summed E-state index contributed by atoms with van der Waals surface area (Å²) in [6, 6.07) is 15.0. The van der Waals surface area contributed by atoms with Crippen molar-refractivity contribution in [2.75, 3.05) is 20.3 Å². The number of ether oxygens (including phenoxy) is 3. The van der Waals surface area contributed by atoms with Crippen LogP contribution in [0.1, 0.15) is 68.7 Å². The third-order valence-corrected chi connectivity index (χ3v) is 7.03. The Balaban J connectivity index is 1.77. The van der Waals surface area contributed by atoms with Crippen molar-refractivity contribution in [1.82, 2.24) is 9.88 Å². The summed E-state index contributed by atoms with van der Waals surface area (Å²) in [4.78, 5) is 32.5. The van der Waals surface area contributed by atoms with E-state index in [0.717, 1.165) is 37.7 Å². The number of ketones is 1. The van der Waals surface area contributed by atoms with Crippen molar-refractivity contribution >= 4 is 17.4 Å². The lowest BCUT2D eigenvalue weighted by molar-refractivity contribution is -0.140. The zero-order valence-corrected chi connectivity index (χ0v) is 24.0. The zero-order chi connectivity index (χ0) is 29.2. The van der Waals surface area contributed by atoms with Gasteiger partial charge >= 0.3 is 0 Å². The molecule has 1 saturated heterocycles. The van der Waals surface area contributed by atoms with E-state index in [1.807, 2.05) is 6.07 Å². The molecule has 0 aliphatic carbocycles. The summed E-state index contributed by atoms with van der Waals surface area (Å²) >= 11 is 0. The molecule has 8 heteroatoms. The minimum atomic E-state index is -0.851. The molecule has 1 unspecified atom stereocenters. The highest BCUT2D eigenvalue weighted by molar-refractivity contribution is 6.46. The molecular weight excluding hydrogens is 520 g/mol. The topological polar surface area (TPSA) is 98.2 Å². The first-order valence-corrected chi connectivity index (χ1v) is 14.2. The van der Waals surface area contributed by atoms with Crippen molar-refractivity contribution in [3.8, 4) is 17.2 Å². The van der Waals surface area contributed by atoms with Gasteiger partial charge in [0, 0.05) is 24.5 Å². The van der Waals surface area contributed by atoms with Crippen LogP contribution in [0.3, 0.4) is 0 Å². The first-order chi connectivity index (χ1) is 20.0. The first kappa shape index (κ1) is 29.6. The van der Waals surface area contributed by atoms with Crippen molar-refractivity contribution in [3.05, 3.63) is 89.3 Å². The number of Topliss-reactive ketones (excluding diaryl/α,β-unsaturated/α-hetero) is 1. The molecule has 1 fully saturated rings. The Morgan fingerprint density at radius 2 is 1.66 bits per heavy atom. The molecule has 0 radical (unpaired) electrons. The van der Waals surface area contributed by atoms with E-state index in [-0.39, 0.29) is 17.9 Å². The van der Waals surface area contributed by atoms with E-state index in [1.54, 1.807) is 68.0 Å². The molecule has 3 aromatic rings. The second kappa shape index (κ2) is 14.3. The molecule has 8 nitrogen and oxygen atoms in total. The normalized spacial score (nSPS) is 16.2. The fourth-order valence-electron chi connectivity index (χ4n) is 4.81. The van der Waals surface area contributed by atoms with E-state index in [4.69, 9.17) is 14.2 Å². The van der Waals surface area contributed by atoms with Crippen LogP contribution in [0.2, 0.25) is 0 Å². The number of likely N-dealkylation sites (tertiary alicyclic amines) is 1. The fraction of sp³-hybridized carbons (Fsp3) is 0.364. The molecule has 41 heavy (non-hydrogen) atoms. The third-order valence-electron chi connectivity index (χ3n) is 7.03. The highest BCUT2D eigenvalue weighted by Gasteiger charge is 2.46. The summed E-state index contributed by atoms with van der Waals surface area (Å²) in [5.74, 6) is -0.0582. The molecule has 216 valence electrons. The Bertz CT molecular complexity index is 1370. The lowest BCUT2D eigenvalue weighted by atomic mass is 9.94. The van der Waals surface area contributed by atoms with Crippen LogP contribution >= 0.6 is 0 Å². The summed E-state index contributed by atoms with van der Waals surface area (Å²) in [5, 5.41) is 11.5. The second-order valence-electron chi connectivity index (χ2n) is 9.98. The molecule has 2 aromatic carbocycles. The highest BCUT2D eigenvalue weighted by atomic mass is 16.5. The van der Waals surface area contributed by atoms with Crippen LogP contribution in [0.5, 0.6) is 17.2 Å². The second-order valence-corrected chi connectivity index (χ2v) is 9.98. The summed E-state index contributed by atoms with van der Waals surface area (Å²) in [6.45, 7) is 5.47. The largest absolute Gasteiger partial charge is 0.507 e. The monoisotopic (exact) mass is 558 g/mol. The Kier molecular flexibility index (Phi) is 10.4. The Morgan fingerprint density at radius 1 is 0.902 bits per heavy atom. The number of hydrogen-bond acceptors (Lipinski definition) is 7. The van der Waals surface area contributed by atoms with Gasteiger partial charge in [-0.2, -0.15) is 0 Å². The molecule has 0 saturated carbocycles. The van der Waals surface area contributed by atoms with Crippen LogP contribution < -0.4 is 14.2 Å². The smallest absolute Gasteiger partial charge is 0.295 e. The number of nitrogens with zero attached hydrogens (tertiary/aromatic N) is 2. The molecule has 1 amide bonds. The van der Waals surface area contributed by atoms with Crippen molar-refractivity contribution in [3.63, 3.8) is 0 Å². The fourth-order valence-corrected chi connectivity index (χ4v) is 4.81. The molecule has 0 bridgehead atoms. The lowest BCUT2D eigenvalue weighted by Crippen LogP contribution is -2.29. The van der Waals surface area contributed by atoms with Crippen molar-refractivity contribution in [2.24, 2.45) is 0 Å². The lowest BCUT2D eigenvalue weighted by Gasteiger charge is -2.26. The van der Waals surface area contributed by atoms with Gasteiger partial charge in [-0.15, -0.1) is 0 Å². The number of amides is 1. The maximum atomic E-state index is 13.5. The van der Waals surface area contributed by atoms with Crippen LogP contribution in [0.4, 0.5) is 0 Å². The molecule has 1 N–H and O–H groups in total. The summed E-state index contributed by atoms with van der Waals surface area (Å²) in [6.07, 6.45) is 8.24. The predicted molar refractivity (Wildman–Crippen MR) is 157 cm³/mol. The number of benzene rings is 2. The first-order valence-electron chi connectivity index (χ1n) is 14.2. The van der Waals surface area contributed by atoms with Gasteiger partial charge in [-0.25, -0.2) is 0 Å². The summed E-state index contributed by atoms with van der Waals surface area (Å²) in [5.41, 5.74) is 1.83. The van der Waals surface area contributed by atoms with E-state index in [2.05, 4.69) is 18.8 Å². The molecule has 1 aliphatic rings. The van der Waals surface area contributed by atoms with Gasteiger partial charge in [0.25, 0.3) is 11.7 Å². The van der Waals surface area contributed by atoms with E-state index in [9.17, 15) is 14.7 Å². The standard InChI is InChI=1S/C33H38N2O6/c1-4-6-8-19-41-27-13-12-24(21-28(27)39-3)30-29(31(36)25-10-9-11-26(20-25)40-18-7-5-2)32(37)33(38)35(30)22-23-14-16-34-17-15-23/h9-17,20-21,30,36H,4-8,18-19,22H2,1-3H3. The maximum absolute atomic E-state index is 13.5. The number of aliphatic hydroxyl groups is 1. The third kappa shape index (κ3) is 7.06. The zero-order valence-electron chi connectivity index (χ0n) is 24.0. The molecule has 0 spiro atoms. The van der Waals surface area contributed by atoms with Crippen LogP contribution in [0.25, 0.3) is 5.76 Å². The number of hydrogen-bond donors (Lipinski definition) is 1. The van der Waals surface area contributed by atoms with Gasteiger partial charge in [0.2, 0.25) is 0 Å². The Morgan fingerprint density at radius 3 is 2.39 bits per heavy atom. The predicted octanol–water partition coefficient (Wildman–Crippen LogP) is 6.46. The van der Waals surface area contributed by atoms with Gasteiger partial charge < -0.3 is 24.2 Å². The maximum Gasteiger partial charge on any atom is 0.295 e. The number of rotatable bonds is 14. The summed E-state index contributed by atoms with van der Waals surface area (Å²) in [7, 11) is 1.55.